The smallest absolute Gasteiger partial charge is 0.0708 e. The van der Waals surface area contributed by atoms with Gasteiger partial charge in [-0.05, 0) is 17.5 Å². The molecule has 2 aromatic rings. The summed E-state index contributed by atoms with van der Waals surface area (Å²) >= 11 is 0. The van der Waals surface area contributed by atoms with Crippen molar-refractivity contribution >= 4 is 0 Å². The molecule has 0 aromatic heterocycles. The van der Waals surface area contributed by atoms with Gasteiger partial charge in [0.1, 0.15) is 0 Å². The molecular weight excluding hydrogens is 356 g/mol. The van der Waals surface area contributed by atoms with Crippen LogP contribution in [-0.2, 0) is 13.1 Å². The van der Waals surface area contributed by atoms with E-state index in [4.69, 9.17) is 0 Å². The van der Waals surface area contributed by atoms with E-state index in [1.165, 1.54) is 11.1 Å². The van der Waals surface area contributed by atoms with Gasteiger partial charge >= 0.3 is 0 Å². The molecule has 2 rings (SSSR count). The van der Waals surface area contributed by atoms with Crippen LogP contribution in [0.5, 0.6) is 0 Å². The van der Waals surface area contributed by atoms with Gasteiger partial charge in [0.15, 0.2) is 0 Å². The molecule has 3 heteroatoms. The van der Waals surface area contributed by atoms with E-state index in [2.05, 4.69) is 78.4 Å². The molecule has 0 heterocycles. The van der Waals surface area contributed by atoms with Crippen LogP contribution in [0.1, 0.15) is 30.9 Å². The van der Waals surface area contributed by atoms with Gasteiger partial charge in [0.2, 0.25) is 0 Å². The number of nitrogens with zero attached hydrogens (tertiary/aromatic N) is 2. The fourth-order valence-corrected chi connectivity index (χ4v) is 3.75. The van der Waals surface area contributed by atoms with E-state index in [0.29, 0.717) is 0 Å². The summed E-state index contributed by atoms with van der Waals surface area (Å²) in [4.78, 5) is 4.72. The topological polar surface area (TPSA) is 26.7 Å². The van der Waals surface area contributed by atoms with Gasteiger partial charge in [0, 0.05) is 38.8 Å². The third-order valence-corrected chi connectivity index (χ3v) is 5.17. The average Bonchev–Trinajstić information content (AvgIpc) is 2.73. The summed E-state index contributed by atoms with van der Waals surface area (Å²) in [7, 11) is 0. The third-order valence-electron chi connectivity index (χ3n) is 5.17. The van der Waals surface area contributed by atoms with Crippen LogP contribution in [0.3, 0.4) is 0 Å². The molecule has 2 atom stereocenters. The first-order valence-electron chi connectivity index (χ1n) is 10.6. The van der Waals surface area contributed by atoms with Gasteiger partial charge in [-0.1, -0.05) is 86.2 Å². The highest BCUT2D eigenvalue weighted by molar-refractivity contribution is 5.17. The molecule has 0 spiro atoms. The van der Waals surface area contributed by atoms with E-state index in [-0.39, 0.29) is 12.1 Å². The summed E-state index contributed by atoms with van der Waals surface area (Å²) in [5.41, 5.74) is 2.52. The van der Waals surface area contributed by atoms with Crippen molar-refractivity contribution in [3.63, 3.8) is 0 Å². The largest absolute Gasteiger partial charge is 0.391 e. The highest BCUT2D eigenvalue weighted by atomic mass is 16.3. The van der Waals surface area contributed by atoms with Crippen molar-refractivity contribution in [2.75, 3.05) is 19.6 Å². The average molecular weight is 393 g/mol. The first kappa shape index (κ1) is 23.1. The lowest BCUT2D eigenvalue weighted by Crippen LogP contribution is -2.50. The molecule has 3 nitrogen and oxygen atoms in total. The second kappa shape index (κ2) is 13.1. The van der Waals surface area contributed by atoms with Crippen molar-refractivity contribution < 1.29 is 5.11 Å². The van der Waals surface area contributed by atoms with Crippen LogP contribution in [0.15, 0.2) is 86.0 Å². The van der Waals surface area contributed by atoms with E-state index >= 15 is 0 Å². The molecule has 0 saturated heterocycles. The fourth-order valence-electron chi connectivity index (χ4n) is 3.75. The number of aliphatic hydroxyl groups excluding tert-OH is 1. The number of rotatable bonds is 14. The molecule has 0 saturated carbocycles. The lowest BCUT2D eigenvalue weighted by atomic mass is 10.0. The van der Waals surface area contributed by atoms with E-state index in [1.54, 1.807) is 0 Å². The molecule has 2 aromatic carbocycles. The number of hydrogen-bond acceptors (Lipinski definition) is 3. The lowest BCUT2D eigenvalue weighted by Gasteiger charge is -2.38. The second-order valence-electron chi connectivity index (χ2n) is 7.60. The van der Waals surface area contributed by atoms with Gasteiger partial charge in [-0.2, -0.15) is 0 Å². The molecular formula is C26H36N2O. The Morgan fingerprint density at radius 1 is 0.862 bits per heavy atom. The second-order valence-corrected chi connectivity index (χ2v) is 7.60. The van der Waals surface area contributed by atoms with Crippen molar-refractivity contribution in [1.82, 2.24) is 9.80 Å². The minimum Gasteiger partial charge on any atom is -0.391 e. The lowest BCUT2D eigenvalue weighted by molar-refractivity contribution is 0.0166. The predicted molar refractivity (Wildman–Crippen MR) is 124 cm³/mol. The third kappa shape index (κ3) is 7.98. The first-order chi connectivity index (χ1) is 14.2. The van der Waals surface area contributed by atoms with Gasteiger partial charge < -0.3 is 5.11 Å². The number of aliphatic hydroxyl groups is 1. The van der Waals surface area contributed by atoms with Crippen molar-refractivity contribution in [1.29, 1.82) is 0 Å². The van der Waals surface area contributed by atoms with E-state index < -0.39 is 0 Å². The molecule has 0 bridgehead atoms. The minimum atomic E-state index is -0.385. The Morgan fingerprint density at radius 2 is 1.34 bits per heavy atom. The molecule has 29 heavy (non-hydrogen) atoms. The molecule has 0 amide bonds. The zero-order valence-electron chi connectivity index (χ0n) is 17.8. The van der Waals surface area contributed by atoms with Crippen LogP contribution in [0, 0.1) is 0 Å². The SMILES string of the molecule is C=CCN(CC=C)C[C@H]([C@@H](O)CCC)N(Cc1ccccc1)Cc1ccccc1. The summed E-state index contributed by atoms with van der Waals surface area (Å²) in [6, 6.07) is 21.1. The zero-order chi connectivity index (χ0) is 20.9. The maximum atomic E-state index is 11.1. The van der Waals surface area contributed by atoms with Gasteiger partial charge in [-0.3, -0.25) is 9.80 Å². The molecule has 0 aliphatic carbocycles. The molecule has 0 aliphatic rings. The van der Waals surface area contributed by atoms with Crippen LogP contribution in [0.4, 0.5) is 0 Å². The Hall–Kier alpha value is -2.20. The standard InChI is InChI=1S/C26H36N2O/c1-4-13-26(29)25(22-27(18-5-2)19-6-3)28(20-23-14-9-7-10-15-23)21-24-16-11-8-12-17-24/h5-12,14-17,25-26,29H,2-4,13,18-22H2,1H3/t25-,26+/m1/s1. The summed E-state index contributed by atoms with van der Waals surface area (Å²) < 4.78 is 0. The highest BCUT2D eigenvalue weighted by Gasteiger charge is 2.27. The Bertz CT molecular complexity index is 650. The van der Waals surface area contributed by atoms with E-state index in [9.17, 15) is 5.11 Å². The zero-order valence-corrected chi connectivity index (χ0v) is 17.8. The van der Waals surface area contributed by atoms with Crippen molar-refractivity contribution in [3.8, 4) is 0 Å². The summed E-state index contributed by atoms with van der Waals surface area (Å²) in [5.74, 6) is 0. The number of hydrogen-bond donors (Lipinski definition) is 1. The van der Waals surface area contributed by atoms with E-state index in [1.807, 2.05) is 24.3 Å². The summed E-state index contributed by atoms with van der Waals surface area (Å²) in [5, 5.41) is 11.1. The Labute approximate surface area is 177 Å². The van der Waals surface area contributed by atoms with Crippen LogP contribution >= 0.6 is 0 Å². The Morgan fingerprint density at radius 3 is 1.76 bits per heavy atom. The maximum absolute atomic E-state index is 11.1. The van der Waals surface area contributed by atoms with E-state index in [0.717, 1.165) is 45.6 Å². The molecule has 0 fully saturated rings. The van der Waals surface area contributed by atoms with Crippen LogP contribution in [0.2, 0.25) is 0 Å². The Kier molecular flexibility index (Phi) is 10.4. The molecule has 0 aliphatic heterocycles. The van der Waals surface area contributed by atoms with Gasteiger partial charge in [-0.25, -0.2) is 0 Å². The van der Waals surface area contributed by atoms with Crippen molar-refractivity contribution in [2.24, 2.45) is 0 Å². The van der Waals surface area contributed by atoms with Crippen molar-refractivity contribution in [2.45, 2.75) is 45.0 Å². The van der Waals surface area contributed by atoms with Crippen LogP contribution in [-0.4, -0.2) is 46.7 Å². The van der Waals surface area contributed by atoms with Gasteiger partial charge in [0.25, 0.3) is 0 Å². The minimum absolute atomic E-state index is 0.0234. The highest BCUT2D eigenvalue weighted by Crippen LogP contribution is 2.19. The van der Waals surface area contributed by atoms with Crippen molar-refractivity contribution in [3.05, 3.63) is 97.1 Å². The van der Waals surface area contributed by atoms with Crippen LogP contribution in [0.25, 0.3) is 0 Å². The van der Waals surface area contributed by atoms with Gasteiger partial charge in [-0.15, -0.1) is 13.2 Å². The molecule has 0 radical (unpaired) electrons. The number of benzene rings is 2. The summed E-state index contributed by atoms with van der Waals surface area (Å²) in [6.07, 6.45) is 5.22. The Balaban J connectivity index is 2.31. The quantitative estimate of drug-likeness (QED) is 0.464. The molecule has 0 unspecified atom stereocenters. The first-order valence-corrected chi connectivity index (χ1v) is 10.6. The van der Waals surface area contributed by atoms with Crippen LogP contribution < -0.4 is 0 Å². The normalized spacial score (nSPS) is 13.4. The maximum Gasteiger partial charge on any atom is 0.0708 e. The molecule has 156 valence electrons. The predicted octanol–water partition coefficient (Wildman–Crippen LogP) is 4.89. The monoisotopic (exact) mass is 392 g/mol. The molecule has 1 N–H and O–H groups in total. The summed E-state index contributed by atoms with van der Waals surface area (Å²) in [6.45, 7) is 13.9. The van der Waals surface area contributed by atoms with Gasteiger partial charge in [0.05, 0.1) is 6.10 Å². The fraction of sp³-hybridized carbons (Fsp3) is 0.385.